The van der Waals surface area contributed by atoms with Crippen molar-refractivity contribution in [2.75, 3.05) is 9.80 Å². The predicted molar refractivity (Wildman–Crippen MR) is 198 cm³/mol. The van der Waals surface area contributed by atoms with Crippen molar-refractivity contribution in [1.82, 2.24) is 0 Å². The molecule has 1 saturated carbocycles. The van der Waals surface area contributed by atoms with Crippen molar-refractivity contribution in [1.29, 1.82) is 0 Å². The Bertz CT molecular complexity index is 2340. The van der Waals surface area contributed by atoms with Crippen LogP contribution in [0.25, 0.3) is 10.8 Å². The summed E-state index contributed by atoms with van der Waals surface area (Å²) in [7, 11) is 0. The van der Waals surface area contributed by atoms with Gasteiger partial charge >= 0.3 is 0 Å². The van der Waals surface area contributed by atoms with Crippen molar-refractivity contribution in [3.63, 3.8) is 0 Å². The molecule has 9 rings (SSSR count). The second-order valence-electron chi connectivity index (χ2n) is 13.8. The number of hydrogen-bond acceptors (Lipinski definition) is 5. The van der Waals surface area contributed by atoms with Gasteiger partial charge in [-0.25, -0.2) is 4.90 Å². The van der Waals surface area contributed by atoms with Gasteiger partial charge in [0.2, 0.25) is 23.6 Å². The van der Waals surface area contributed by atoms with Crippen molar-refractivity contribution in [3.05, 3.63) is 148 Å². The molecule has 0 aromatic heterocycles. The number of halogens is 2. The quantitative estimate of drug-likeness (QED) is 0.147. The molecule has 51 heavy (non-hydrogen) atoms. The number of nitrogens with zero attached hydrogens (tertiary/aromatic N) is 2. The minimum absolute atomic E-state index is 0.0163. The van der Waals surface area contributed by atoms with Gasteiger partial charge < -0.3 is 5.11 Å². The maximum absolute atomic E-state index is 15.4. The standard InChI is InChI=1S/C42H30BrClN2O5/c43-25-14-16-27(17-15-25)45-38(48)31-20-19-30-33(35(31)40(45)50)22-34-39(49)46(28-11-6-10-26(44)21-28)41(51)42(34,24-8-2-1-3-9-24)36(30)32-18-13-23-7-4-5-12-29(23)37(32)47/h1-19,21,31,33-36,47H,20,22H2/t31-,33+,34-,35-,36+,42+/m0/s1. The first-order chi connectivity index (χ1) is 24.7. The van der Waals surface area contributed by atoms with Crippen molar-refractivity contribution >= 4 is 73.3 Å². The zero-order chi connectivity index (χ0) is 35.2. The monoisotopic (exact) mass is 756 g/mol. The molecule has 2 saturated heterocycles. The number of phenolic OH excluding ortho intramolecular Hbond substituents is 1. The highest BCUT2D eigenvalue weighted by Gasteiger charge is 2.70. The fourth-order valence-corrected chi connectivity index (χ4v) is 9.89. The van der Waals surface area contributed by atoms with Gasteiger partial charge in [-0.05, 0) is 72.2 Å². The molecule has 0 spiro atoms. The highest BCUT2D eigenvalue weighted by Crippen LogP contribution is 2.65. The third kappa shape index (κ3) is 4.49. The summed E-state index contributed by atoms with van der Waals surface area (Å²) in [5.41, 5.74) is 1.28. The molecule has 0 bridgehead atoms. The summed E-state index contributed by atoms with van der Waals surface area (Å²) < 4.78 is 0.822. The number of allylic oxidation sites excluding steroid dienone is 2. The van der Waals surface area contributed by atoms with Gasteiger partial charge in [-0.2, -0.15) is 0 Å². The molecule has 2 aliphatic heterocycles. The smallest absolute Gasteiger partial charge is 0.246 e. The second-order valence-corrected chi connectivity index (χ2v) is 15.2. The summed E-state index contributed by atoms with van der Waals surface area (Å²) in [6.07, 6.45) is 2.46. The Kier molecular flexibility index (Phi) is 7.35. The topological polar surface area (TPSA) is 95.0 Å². The number of aromatic hydroxyl groups is 1. The van der Waals surface area contributed by atoms with Crippen LogP contribution in [0.4, 0.5) is 11.4 Å². The third-order valence-corrected chi connectivity index (χ3v) is 12.3. The number of carbonyl (C=O) groups is 4. The average Bonchev–Trinajstić information content (AvgIpc) is 3.53. The van der Waals surface area contributed by atoms with E-state index in [0.717, 1.165) is 15.4 Å². The van der Waals surface area contributed by atoms with E-state index in [4.69, 9.17) is 11.6 Å². The van der Waals surface area contributed by atoms with Gasteiger partial charge in [-0.15, -0.1) is 0 Å². The Hall–Kier alpha value is -5.05. The number of anilines is 2. The molecule has 252 valence electrons. The van der Waals surface area contributed by atoms with Gasteiger partial charge in [-0.1, -0.05) is 112 Å². The van der Waals surface area contributed by atoms with Crippen molar-refractivity contribution in [2.24, 2.45) is 23.7 Å². The van der Waals surface area contributed by atoms with E-state index in [2.05, 4.69) is 15.9 Å². The molecule has 3 fully saturated rings. The van der Waals surface area contributed by atoms with Crippen LogP contribution in [0.3, 0.4) is 0 Å². The van der Waals surface area contributed by atoms with Crippen LogP contribution in [0, 0.1) is 23.7 Å². The van der Waals surface area contributed by atoms with E-state index in [1.54, 1.807) is 48.5 Å². The first-order valence-electron chi connectivity index (χ1n) is 16.9. The molecule has 7 nitrogen and oxygen atoms in total. The Morgan fingerprint density at radius 1 is 0.725 bits per heavy atom. The minimum atomic E-state index is -1.48. The zero-order valence-electron chi connectivity index (χ0n) is 27.1. The SMILES string of the molecule is O=C1[C@H]2[C@H](CC=C3[C@H]2C[C@H]2C(=O)N(c4cccc(Cl)c4)C(=O)[C@@]2(c2ccccc2)[C@H]3c2ccc3ccccc3c2O)C(=O)N1c1ccc(Br)cc1. The lowest BCUT2D eigenvalue weighted by molar-refractivity contribution is -0.127. The van der Waals surface area contributed by atoms with E-state index < -0.39 is 46.8 Å². The van der Waals surface area contributed by atoms with E-state index in [1.165, 1.54) is 9.80 Å². The normalized spacial score (nSPS) is 27.0. The lowest BCUT2D eigenvalue weighted by Gasteiger charge is -2.50. The van der Waals surface area contributed by atoms with Crippen LogP contribution in [0.1, 0.15) is 29.9 Å². The Labute approximate surface area is 307 Å². The third-order valence-electron chi connectivity index (χ3n) is 11.5. The van der Waals surface area contributed by atoms with Crippen LogP contribution >= 0.6 is 27.5 Å². The molecule has 0 radical (unpaired) electrons. The largest absolute Gasteiger partial charge is 0.507 e. The number of benzene rings is 5. The molecular weight excluding hydrogens is 728 g/mol. The molecule has 6 atom stereocenters. The summed E-state index contributed by atoms with van der Waals surface area (Å²) in [5, 5.41) is 14.0. The Balaban J connectivity index is 1.29. The maximum Gasteiger partial charge on any atom is 0.246 e. The van der Waals surface area contributed by atoms with Crippen LogP contribution in [-0.4, -0.2) is 28.7 Å². The van der Waals surface area contributed by atoms with Gasteiger partial charge in [0.1, 0.15) is 5.75 Å². The van der Waals surface area contributed by atoms with Crippen molar-refractivity contribution < 1.29 is 24.3 Å². The van der Waals surface area contributed by atoms with Gasteiger partial charge in [0, 0.05) is 26.4 Å². The van der Waals surface area contributed by atoms with Gasteiger partial charge in [-0.3, -0.25) is 24.1 Å². The number of hydrogen-bond donors (Lipinski definition) is 1. The number of phenols is 1. The molecule has 1 N–H and O–H groups in total. The predicted octanol–water partition coefficient (Wildman–Crippen LogP) is 8.33. The van der Waals surface area contributed by atoms with E-state index in [9.17, 15) is 19.5 Å². The highest BCUT2D eigenvalue weighted by molar-refractivity contribution is 9.10. The lowest BCUT2D eigenvalue weighted by atomic mass is 9.49. The van der Waals surface area contributed by atoms with E-state index in [0.29, 0.717) is 32.9 Å². The Morgan fingerprint density at radius 3 is 2.24 bits per heavy atom. The number of fused-ring (bicyclic) bond motifs is 5. The summed E-state index contributed by atoms with van der Waals surface area (Å²) >= 11 is 9.86. The first kappa shape index (κ1) is 31.9. The molecule has 2 heterocycles. The summed E-state index contributed by atoms with van der Waals surface area (Å²) in [6.45, 7) is 0. The molecule has 5 aromatic carbocycles. The van der Waals surface area contributed by atoms with Gasteiger partial charge in [0.25, 0.3) is 0 Å². The molecule has 9 heteroatoms. The van der Waals surface area contributed by atoms with Crippen molar-refractivity contribution in [2.45, 2.75) is 24.2 Å². The van der Waals surface area contributed by atoms with E-state index >= 15 is 4.79 Å². The fraction of sp³-hybridized carbons (Fsp3) is 0.190. The summed E-state index contributed by atoms with van der Waals surface area (Å²) in [6, 6.07) is 34.3. The Morgan fingerprint density at radius 2 is 1.47 bits per heavy atom. The average molecular weight is 758 g/mol. The number of amides is 4. The lowest BCUT2D eigenvalue weighted by Crippen LogP contribution is -2.53. The molecule has 0 unspecified atom stereocenters. The molecule has 2 aliphatic carbocycles. The molecule has 4 amide bonds. The summed E-state index contributed by atoms with van der Waals surface area (Å²) in [5.74, 6) is -5.08. The number of carbonyl (C=O) groups excluding carboxylic acids is 4. The van der Waals surface area contributed by atoms with Crippen LogP contribution in [0.15, 0.2) is 131 Å². The molecule has 5 aromatic rings. The van der Waals surface area contributed by atoms with Crippen LogP contribution in [-0.2, 0) is 24.6 Å². The zero-order valence-corrected chi connectivity index (χ0v) is 29.4. The van der Waals surface area contributed by atoms with Crippen LogP contribution in [0.2, 0.25) is 5.02 Å². The molecule has 4 aliphatic rings. The maximum atomic E-state index is 15.4. The second kappa shape index (κ2) is 11.8. The minimum Gasteiger partial charge on any atom is -0.507 e. The van der Waals surface area contributed by atoms with E-state index in [1.807, 2.05) is 72.8 Å². The van der Waals surface area contributed by atoms with Crippen LogP contribution in [0.5, 0.6) is 5.75 Å². The molecular formula is C42H30BrClN2O5. The van der Waals surface area contributed by atoms with Crippen molar-refractivity contribution in [3.8, 4) is 5.75 Å². The van der Waals surface area contributed by atoms with Gasteiger partial charge in [0.05, 0.1) is 34.5 Å². The fourth-order valence-electron chi connectivity index (χ4n) is 9.44. The summed E-state index contributed by atoms with van der Waals surface area (Å²) in [4.78, 5) is 61.5. The number of imide groups is 2. The van der Waals surface area contributed by atoms with Crippen LogP contribution < -0.4 is 9.80 Å². The number of rotatable bonds is 4. The van der Waals surface area contributed by atoms with E-state index in [-0.39, 0.29) is 30.4 Å². The van der Waals surface area contributed by atoms with Gasteiger partial charge in [0.15, 0.2) is 0 Å². The first-order valence-corrected chi connectivity index (χ1v) is 18.1. The highest BCUT2D eigenvalue weighted by atomic mass is 79.9.